The monoisotopic (exact) mass is 499 g/mol. The van der Waals surface area contributed by atoms with Gasteiger partial charge in [-0.05, 0) is 17.0 Å². The maximum Gasteiger partial charge on any atom is 0.352 e. The number of amides is 2. The summed E-state index contributed by atoms with van der Waals surface area (Å²) in [6.45, 7) is 0.287. The molecule has 3 atom stereocenters. The molecule has 0 spiro atoms. The lowest BCUT2D eigenvalue weighted by Gasteiger charge is -2.49. The van der Waals surface area contributed by atoms with Crippen LogP contribution in [0.25, 0.3) is 0 Å². The molecule has 164 valence electrons. The van der Waals surface area contributed by atoms with Gasteiger partial charge in [0.15, 0.2) is 10.4 Å². The summed E-state index contributed by atoms with van der Waals surface area (Å²) in [6, 6.07) is 2.46. The number of aliphatic hydroxyl groups excluding tert-OH is 1. The SMILES string of the molecule is NCc1nnc(SCC2=C(C(=O)O)N3C(=O)C(NC(=O)C(O)c4cccs4)[C@@H]3SC2)s1. The maximum absolute atomic E-state index is 12.7. The van der Waals surface area contributed by atoms with Gasteiger partial charge in [0.05, 0.1) is 0 Å². The van der Waals surface area contributed by atoms with Crippen molar-refractivity contribution in [2.45, 2.75) is 28.4 Å². The molecule has 2 unspecified atom stereocenters. The molecule has 1 saturated heterocycles. The van der Waals surface area contributed by atoms with Crippen LogP contribution in [0.1, 0.15) is 16.0 Å². The Morgan fingerprint density at radius 1 is 1.42 bits per heavy atom. The molecular formula is C17H17N5O5S4. The van der Waals surface area contributed by atoms with E-state index in [9.17, 15) is 24.6 Å². The zero-order chi connectivity index (χ0) is 22.1. The van der Waals surface area contributed by atoms with E-state index in [2.05, 4.69) is 15.5 Å². The number of β-lactam (4-membered cyclic amide) rings is 1. The number of carboxylic acids is 1. The molecule has 2 aromatic rings. The lowest BCUT2D eigenvalue weighted by atomic mass is 10.0. The van der Waals surface area contributed by atoms with Crippen LogP contribution in [0.3, 0.4) is 0 Å². The molecule has 2 aromatic heterocycles. The predicted octanol–water partition coefficient (Wildman–Crippen LogP) is 0.623. The van der Waals surface area contributed by atoms with Crippen LogP contribution in [0.15, 0.2) is 33.1 Å². The largest absolute Gasteiger partial charge is 0.477 e. The summed E-state index contributed by atoms with van der Waals surface area (Å²) in [5.74, 6) is -1.65. The molecule has 1 fully saturated rings. The third kappa shape index (κ3) is 4.36. The van der Waals surface area contributed by atoms with Crippen molar-refractivity contribution in [2.75, 3.05) is 11.5 Å². The van der Waals surface area contributed by atoms with Crippen molar-refractivity contribution >= 4 is 64.0 Å². The topological polar surface area (TPSA) is 159 Å². The third-order valence-corrected chi connectivity index (χ3v) is 9.03. The second-order valence-electron chi connectivity index (χ2n) is 6.53. The molecule has 0 aliphatic carbocycles. The van der Waals surface area contributed by atoms with Gasteiger partial charge in [-0.2, -0.15) is 0 Å². The number of nitrogens with two attached hydrogens (primary N) is 1. The molecule has 2 amide bonds. The van der Waals surface area contributed by atoms with E-state index >= 15 is 0 Å². The number of fused-ring (bicyclic) bond motifs is 1. The Balaban J connectivity index is 1.45. The first-order valence-electron chi connectivity index (χ1n) is 8.97. The second-order valence-corrected chi connectivity index (χ2v) is 10.9. The van der Waals surface area contributed by atoms with Gasteiger partial charge in [0.25, 0.3) is 11.8 Å². The van der Waals surface area contributed by atoms with Gasteiger partial charge in [0, 0.05) is 22.9 Å². The average molecular weight is 500 g/mol. The van der Waals surface area contributed by atoms with E-state index in [0.717, 1.165) is 0 Å². The van der Waals surface area contributed by atoms with Gasteiger partial charge in [-0.25, -0.2) is 4.79 Å². The zero-order valence-corrected chi connectivity index (χ0v) is 19.0. The van der Waals surface area contributed by atoms with Crippen molar-refractivity contribution in [2.24, 2.45) is 5.73 Å². The number of hydrogen-bond donors (Lipinski definition) is 4. The second kappa shape index (κ2) is 9.26. The van der Waals surface area contributed by atoms with Crippen LogP contribution in [0.5, 0.6) is 0 Å². The fourth-order valence-corrected chi connectivity index (χ4v) is 7.10. The molecule has 0 aromatic carbocycles. The number of nitrogens with one attached hydrogen (secondary N) is 1. The summed E-state index contributed by atoms with van der Waals surface area (Å²) >= 11 is 5.29. The summed E-state index contributed by atoms with van der Waals surface area (Å²) in [7, 11) is 0. The first kappa shape index (κ1) is 22.2. The van der Waals surface area contributed by atoms with Crippen molar-refractivity contribution in [3.63, 3.8) is 0 Å². The average Bonchev–Trinajstić information content (AvgIpc) is 3.46. The molecule has 2 aliphatic rings. The zero-order valence-electron chi connectivity index (χ0n) is 15.8. The highest BCUT2D eigenvalue weighted by atomic mass is 32.2. The van der Waals surface area contributed by atoms with Gasteiger partial charge < -0.3 is 21.3 Å². The Labute approximate surface area is 192 Å². The highest BCUT2D eigenvalue weighted by Crippen LogP contribution is 2.42. The number of hydrogen-bond acceptors (Lipinski definition) is 11. The van der Waals surface area contributed by atoms with Crippen molar-refractivity contribution < 1.29 is 24.6 Å². The first-order valence-corrected chi connectivity index (χ1v) is 12.7. The van der Waals surface area contributed by atoms with Gasteiger partial charge in [0.1, 0.15) is 22.1 Å². The Morgan fingerprint density at radius 2 is 2.23 bits per heavy atom. The molecule has 0 radical (unpaired) electrons. The molecule has 10 nitrogen and oxygen atoms in total. The number of aliphatic hydroxyl groups is 1. The van der Waals surface area contributed by atoms with E-state index in [-0.39, 0.29) is 12.2 Å². The van der Waals surface area contributed by atoms with Crippen LogP contribution in [0, 0.1) is 0 Å². The van der Waals surface area contributed by atoms with Crippen molar-refractivity contribution in [3.05, 3.63) is 38.7 Å². The van der Waals surface area contributed by atoms with Crippen LogP contribution in [-0.2, 0) is 20.9 Å². The van der Waals surface area contributed by atoms with E-state index in [1.54, 1.807) is 17.5 Å². The molecule has 5 N–H and O–H groups in total. The number of carboxylic acid groups (broad SMARTS) is 1. The van der Waals surface area contributed by atoms with E-state index < -0.39 is 35.3 Å². The fourth-order valence-electron chi connectivity index (χ4n) is 3.13. The summed E-state index contributed by atoms with van der Waals surface area (Å²) in [6.07, 6.45) is -1.37. The standard InChI is InChI=1S/C17H17N5O5S4/c18-4-9-20-21-17(31-9)30-6-7-5-29-15-10(14(25)22(15)11(7)16(26)27)19-13(24)12(23)8-2-1-3-28-8/h1-3,10,12,15,23H,4-6,18H2,(H,19,24)(H,26,27)/t10?,12?,15-/m0/s1. The number of aromatic nitrogens is 2. The fraction of sp³-hybridized carbons (Fsp3) is 0.353. The van der Waals surface area contributed by atoms with Crippen LogP contribution >= 0.6 is 46.2 Å². The van der Waals surface area contributed by atoms with Crippen molar-refractivity contribution in [3.8, 4) is 0 Å². The van der Waals surface area contributed by atoms with Gasteiger partial charge in [0.2, 0.25) is 0 Å². The maximum atomic E-state index is 12.7. The summed E-state index contributed by atoms with van der Waals surface area (Å²) < 4.78 is 0.674. The quantitative estimate of drug-likeness (QED) is 0.300. The molecule has 2 aliphatic heterocycles. The summed E-state index contributed by atoms with van der Waals surface area (Å²) in [5, 5.41) is 32.3. The number of rotatable bonds is 8. The number of thiophene rings is 1. The van der Waals surface area contributed by atoms with Crippen LogP contribution in [0.4, 0.5) is 0 Å². The predicted molar refractivity (Wildman–Crippen MR) is 117 cm³/mol. The van der Waals surface area contributed by atoms with Crippen LogP contribution < -0.4 is 11.1 Å². The molecule has 14 heteroatoms. The Kier molecular flexibility index (Phi) is 6.64. The van der Waals surface area contributed by atoms with Gasteiger partial charge in [-0.15, -0.1) is 33.3 Å². The van der Waals surface area contributed by atoms with Crippen LogP contribution in [0.2, 0.25) is 0 Å². The normalized spacial score (nSPS) is 21.5. The minimum atomic E-state index is -1.37. The minimum absolute atomic E-state index is 0.0610. The Morgan fingerprint density at radius 3 is 2.87 bits per heavy atom. The minimum Gasteiger partial charge on any atom is -0.477 e. The van der Waals surface area contributed by atoms with Crippen LogP contribution in [-0.4, -0.2) is 66.0 Å². The number of aliphatic carboxylic acids is 1. The molecule has 4 rings (SSSR count). The summed E-state index contributed by atoms with van der Waals surface area (Å²) in [5.41, 5.74) is 6.07. The highest BCUT2D eigenvalue weighted by Gasteiger charge is 2.54. The van der Waals surface area contributed by atoms with Crippen molar-refractivity contribution in [1.29, 1.82) is 0 Å². The van der Waals surface area contributed by atoms with Gasteiger partial charge in [-0.1, -0.05) is 29.2 Å². The lowest BCUT2D eigenvalue weighted by molar-refractivity contribution is -0.151. The first-order chi connectivity index (χ1) is 14.9. The molecular weight excluding hydrogens is 482 g/mol. The smallest absolute Gasteiger partial charge is 0.352 e. The van der Waals surface area contributed by atoms with E-state index in [0.29, 0.717) is 31.3 Å². The van der Waals surface area contributed by atoms with E-state index in [1.807, 2.05) is 0 Å². The number of thioether (sulfide) groups is 2. The Hall–Kier alpha value is -1.97. The van der Waals surface area contributed by atoms with Gasteiger partial charge >= 0.3 is 5.97 Å². The molecule has 31 heavy (non-hydrogen) atoms. The summed E-state index contributed by atoms with van der Waals surface area (Å²) in [4.78, 5) is 38.6. The molecule has 0 saturated carbocycles. The number of carbonyl (C=O) groups is 3. The number of nitrogens with zero attached hydrogens (tertiary/aromatic N) is 3. The highest BCUT2D eigenvalue weighted by molar-refractivity contribution is 8.01. The lowest BCUT2D eigenvalue weighted by Crippen LogP contribution is -2.70. The van der Waals surface area contributed by atoms with E-state index in [1.165, 1.54) is 51.1 Å². The third-order valence-electron chi connectivity index (χ3n) is 4.60. The molecule has 4 heterocycles. The van der Waals surface area contributed by atoms with Gasteiger partial charge in [-0.3, -0.25) is 14.5 Å². The Bertz CT molecular complexity index is 1040. The number of carbonyl (C=O) groups excluding carboxylic acids is 2. The van der Waals surface area contributed by atoms with E-state index in [4.69, 9.17) is 5.73 Å². The molecule has 0 bridgehead atoms. The van der Waals surface area contributed by atoms with Crippen molar-refractivity contribution in [1.82, 2.24) is 20.4 Å².